The van der Waals surface area contributed by atoms with E-state index in [1.165, 1.54) is 30.2 Å². The van der Waals surface area contributed by atoms with Gasteiger partial charge in [-0.15, -0.1) is 0 Å². The maximum Gasteiger partial charge on any atom is 0.264 e. The summed E-state index contributed by atoms with van der Waals surface area (Å²) in [6, 6.07) is 17.2. The van der Waals surface area contributed by atoms with Crippen LogP contribution in [-0.2, 0) is 26.2 Å². The molecular formula is C32H40ClN3O6S. The highest BCUT2D eigenvalue weighted by Crippen LogP contribution is 2.35. The number of methoxy groups -OCH3 is 2. The van der Waals surface area contributed by atoms with Crippen LogP contribution in [0.5, 0.6) is 11.5 Å². The third kappa shape index (κ3) is 8.64. The second-order valence-electron chi connectivity index (χ2n) is 10.1. The minimum Gasteiger partial charge on any atom is -0.497 e. The van der Waals surface area contributed by atoms with Crippen molar-refractivity contribution in [2.24, 2.45) is 0 Å². The Kier molecular flexibility index (Phi) is 12.3. The minimum atomic E-state index is -4.27. The van der Waals surface area contributed by atoms with E-state index in [-0.39, 0.29) is 33.8 Å². The van der Waals surface area contributed by atoms with Crippen LogP contribution >= 0.6 is 11.6 Å². The van der Waals surface area contributed by atoms with Crippen LogP contribution in [0.2, 0.25) is 5.02 Å². The maximum atomic E-state index is 14.2. The molecule has 2 amide bonds. The first-order valence-electron chi connectivity index (χ1n) is 14.2. The van der Waals surface area contributed by atoms with Gasteiger partial charge in [-0.1, -0.05) is 61.7 Å². The summed E-state index contributed by atoms with van der Waals surface area (Å²) in [7, 11) is -1.30. The molecule has 43 heavy (non-hydrogen) atoms. The van der Waals surface area contributed by atoms with E-state index in [0.29, 0.717) is 18.7 Å². The number of amides is 2. The van der Waals surface area contributed by atoms with Crippen molar-refractivity contribution in [1.29, 1.82) is 0 Å². The molecule has 0 unspecified atom stereocenters. The number of halogens is 1. The Morgan fingerprint density at radius 1 is 0.953 bits per heavy atom. The van der Waals surface area contributed by atoms with Gasteiger partial charge in [0.15, 0.2) is 0 Å². The summed E-state index contributed by atoms with van der Waals surface area (Å²) in [5.74, 6) is 0.00505. The molecular weight excluding hydrogens is 590 g/mol. The smallest absolute Gasteiger partial charge is 0.264 e. The zero-order valence-corrected chi connectivity index (χ0v) is 26.9. The van der Waals surface area contributed by atoms with Crippen LogP contribution in [0.25, 0.3) is 0 Å². The first kappa shape index (κ1) is 33.7. The molecule has 9 nitrogen and oxygen atoms in total. The fourth-order valence-corrected chi connectivity index (χ4v) is 6.15. The van der Waals surface area contributed by atoms with Crippen molar-refractivity contribution in [3.8, 4) is 11.5 Å². The standard InChI is InChI=1S/C32H40ClN3O6S/c1-6-8-19-34-32(38)28(7-2)35(21-24-11-14-26(41-4)15-12-24)31(37)22-36(29-20-25(33)13-18-30(29)42-5)43(39,40)27-16-9-23(3)10-17-27/h9-18,20,28H,6-8,19,21-22H2,1-5H3,(H,34,38)/t28-/m1/s1. The van der Waals surface area contributed by atoms with Gasteiger partial charge in [0.05, 0.1) is 24.8 Å². The molecule has 0 aliphatic heterocycles. The monoisotopic (exact) mass is 629 g/mol. The van der Waals surface area contributed by atoms with Gasteiger partial charge >= 0.3 is 0 Å². The van der Waals surface area contributed by atoms with E-state index in [4.69, 9.17) is 21.1 Å². The van der Waals surface area contributed by atoms with Crippen molar-refractivity contribution in [2.75, 3.05) is 31.6 Å². The zero-order valence-electron chi connectivity index (χ0n) is 25.3. The third-order valence-electron chi connectivity index (χ3n) is 7.02. The molecule has 0 aromatic heterocycles. The van der Waals surface area contributed by atoms with E-state index in [0.717, 1.165) is 28.3 Å². The second kappa shape index (κ2) is 15.6. The summed E-state index contributed by atoms with van der Waals surface area (Å²) in [5, 5.41) is 3.19. The number of nitrogens with one attached hydrogen (secondary N) is 1. The number of unbranched alkanes of at least 4 members (excludes halogenated alkanes) is 1. The molecule has 0 heterocycles. The van der Waals surface area contributed by atoms with Crippen molar-refractivity contribution in [3.05, 3.63) is 82.9 Å². The van der Waals surface area contributed by atoms with E-state index in [9.17, 15) is 18.0 Å². The summed E-state index contributed by atoms with van der Waals surface area (Å²) in [6.45, 7) is 5.65. The van der Waals surface area contributed by atoms with Crippen LogP contribution in [-0.4, -0.2) is 58.5 Å². The highest BCUT2D eigenvalue weighted by Gasteiger charge is 2.35. The van der Waals surface area contributed by atoms with Crippen LogP contribution in [0.4, 0.5) is 5.69 Å². The van der Waals surface area contributed by atoms with Crippen molar-refractivity contribution in [1.82, 2.24) is 10.2 Å². The molecule has 0 saturated carbocycles. The number of hydrogen-bond donors (Lipinski definition) is 1. The van der Waals surface area contributed by atoms with Gasteiger partial charge in [-0.3, -0.25) is 13.9 Å². The fraction of sp³-hybridized carbons (Fsp3) is 0.375. The number of benzene rings is 3. The molecule has 3 aromatic rings. The summed E-state index contributed by atoms with van der Waals surface area (Å²) in [4.78, 5) is 29.0. The number of sulfonamides is 1. The van der Waals surface area contributed by atoms with Crippen LogP contribution in [0, 0.1) is 6.92 Å². The van der Waals surface area contributed by atoms with Gasteiger partial charge in [-0.2, -0.15) is 0 Å². The molecule has 0 bridgehead atoms. The van der Waals surface area contributed by atoms with Gasteiger partial charge in [-0.05, 0) is 67.8 Å². The number of ether oxygens (including phenoxy) is 2. The first-order chi connectivity index (χ1) is 20.5. The van der Waals surface area contributed by atoms with Gasteiger partial charge in [-0.25, -0.2) is 8.42 Å². The SMILES string of the molecule is CCCCNC(=O)[C@@H](CC)N(Cc1ccc(OC)cc1)C(=O)CN(c1cc(Cl)ccc1OC)S(=O)(=O)c1ccc(C)cc1. The molecule has 0 saturated heterocycles. The summed E-state index contributed by atoms with van der Waals surface area (Å²) < 4.78 is 40.0. The highest BCUT2D eigenvalue weighted by molar-refractivity contribution is 7.92. The lowest BCUT2D eigenvalue weighted by atomic mass is 10.1. The molecule has 1 N–H and O–H groups in total. The largest absolute Gasteiger partial charge is 0.497 e. The van der Waals surface area contributed by atoms with Crippen molar-refractivity contribution >= 4 is 39.1 Å². The Labute approximate surface area is 259 Å². The third-order valence-corrected chi connectivity index (χ3v) is 9.03. The average molecular weight is 630 g/mol. The Morgan fingerprint density at radius 3 is 2.21 bits per heavy atom. The predicted molar refractivity (Wildman–Crippen MR) is 169 cm³/mol. The normalized spacial score (nSPS) is 11.9. The summed E-state index contributed by atoms with van der Waals surface area (Å²) in [6.07, 6.45) is 2.02. The quantitative estimate of drug-likeness (QED) is 0.220. The van der Waals surface area contributed by atoms with Crippen molar-refractivity contribution in [2.45, 2.75) is 57.5 Å². The van der Waals surface area contributed by atoms with Gasteiger partial charge < -0.3 is 19.7 Å². The Bertz CT molecular complexity index is 1480. The number of carbonyl (C=O) groups excluding carboxylic acids is 2. The van der Waals surface area contributed by atoms with E-state index < -0.39 is 28.5 Å². The number of aryl methyl sites for hydroxylation is 1. The molecule has 3 aromatic carbocycles. The predicted octanol–water partition coefficient (Wildman–Crippen LogP) is 5.58. The zero-order chi connectivity index (χ0) is 31.6. The maximum absolute atomic E-state index is 14.2. The van der Waals surface area contributed by atoms with Crippen LogP contribution in [0.3, 0.4) is 0 Å². The van der Waals surface area contributed by atoms with E-state index in [1.807, 2.05) is 32.9 Å². The lowest BCUT2D eigenvalue weighted by Gasteiger charge is -2.33. The number of nitrogens with zero attached hydrogens (tertiary/aromatic N) is 2. The molecule has 0 fully saturated rings. The van der Waals surface area contributed by atoms with Crippen molar-refractivity contribution < 1.29 is 27.5 Å². The van der Waals surface area contributed by atoms with Gasteiger partial charge in [0.2, 0.25) is 11.8 Å². The minimum absolute atomic E-state index is 0.000942. The summed E-state index contributed by atoms with van der Waals surface area (Å²) in [5.41, 5.74) is 1.74. The number of hydrogen-bond acceptors (Lipinski definition) is 6. The average Bonchev–Trinajstić information content (AvgIpc) is 3.00. The lowest BCUT2D eigenvalue weighted by Crippen LogP contribution is -2.52. The van der Waals surface area contributed by atoms with E-state index in [2.05, 4.69) is 5.32 Å². The molecule has 0 aliphatic carbocycles. The highest BCUT2D eigenvalue weighted by atomic mass is 35.5. The topological polar surface area (TPSA) is 105 Å². The Hall–Kier alpha value is -3.76. The molecule has 1 atom stereocenters. The second-order valence-corrected chi connectivity index (χ2v) is 12.4. The van der Waals surface area contributed by atoms with Gasteiger partial charge in [0.25, 0.3) is 10.0 Å². The number of carbonyl (C=O) groups is 2. The molecule has 0 aliphatic rings. The molecule has 3 rings (SSSR count). The number of rotatable bonds is 15. The van der Waals surface area contributed by atoms with Crippen LogP contribution in [0.15, 0.2) is 71.6 Å². The molecule has 0 radical (unpaired) electrons. The van der Waals surface area contributed by atoms with Gasteiger partial charge in [0, 0.05) is 18.1 Å². The molecule has 11 heteroatoms. The fourth-order valence-electron chi connectivity index (χ4n) is 4.56. The van der Waals surface area contributed by atoms with Crippen LogP contribution < -0.4 is 19.1 Å². The van der Waals surface area contributed by atoms with E-state index in [1.54, 1.807) is 43.5 Å². The molecule has 232 valence electrons. The van der Waals surface area contributed by atoms with E-state index >= 15 is 0 Å². The lowest BCUT2D eigenvalue weighted by molar-refractivity contribution is -0.140. The van der Waals surface area contributed by atoms with Gasteiger partial charge in [0.1, 0.15) is 24.1 Å². The first-order valence-corrected chi connectivity index (χ1v) is 16.0. The summed E-state index contributed by atoms with van der Waals surface area (Å²) >= 11 is 6.31. The van der Waals surface area contributed by atoms with Crippen LogP contribution in [0.1, 0.15) is 44.2 Å². The Morgan fingerprint density at radius 2 is 1.63 bits per heavy atom. The number of anilines is 1. The Balaban J connectivity index is 2.10. The molecule has 0 spiro atoms. The van der Waals surface area contributed by atoms with Crippen molar-refractivity contribution in [3.63, 3.8) is 0 Å².